The molecule has 0 atom stereocenters. The Morgan fingerprint density at radius 2 is 1.34 bits per heavy atom. The minimum atomic E-state index is 0.529. The highest BCUT2D eigenvalue weighted by atomic mass is 15.1. The molecule has 0 spiro atoms. The molecule has 5 heteroatoms. The van der Waals surface area contributed by atoms with E-state index in [9.17, 15) is 0 Å². The number of imidazole rings is 1. The zero-order chi connectivity index (χ0) is 46.0. The Hall–Kier alpha value is -7.50. The number of aromatic nitrogens is 4. The normalized spacial score (nSPS) is 12.6. The van der Waals surface area contributed by atoms with Gasteiger partial charge in [-0.05, 0) is 148 Å². The highest BCUT2D eigenvalue weighted by molar-refractivity contribution is 6.05. The van der Waals surface area contributed by atoms with E-state index in [4.69, 9.17) is 19.9 Å². The second-order valence-corrected chi connectivity index (χ2v) is 16.9. The van der Waals surface area contributed by atoms with Crippen LogP contribution in [-0.4, -0.2) is 25.2 Å². The Bertz CT molecular complexity index is 3030. The molecule has 4 aromatic carbocycles. The molecule has 7 aromatic rings. The van der Waals surface area contributed by atoms with Gasteiger partial charge in [0.15, 0.2) is 0 Å². The van der Waals surface area contributed by atoms with Crippen LogP contribution in [0.3, 0.4) is 0 Å². The van der Waals surface area contributed by atoms with Crippen molar-refractivity contribution in [2.45, 2.75) is 67.2 Å². The minimum absolute atomic E-state index is 0.529. The molecule has 5 nitrogen and oxygen atoms in total. The van der Waals surface area contributed by atoms with Gasteiger partial charge >= 0.3 is 0 Å². The van der Waals surface area contributed by atoms with E-state index < -0.39 is 0 Å². The summed E-state index contributed by atoms with van der Waals surface area (Å²) in [5, 5.41) is 0. The molecule has 0 bridgehead atoms. The Labute approximate surface area is 386 Å². The summed E-state index contributed by atoms with van der Waals surface area (Å²) in [6.07, 6.45) is 12.5. The number of aliphatic imine (C=N–C) groups is 1. The van der Waals surface area contributed by atoms with E-state index in [1.54, 1.807) is 0 Å². The van der Waals surface area contributed by atoms with Crippen molar-refractivity contribution in [3.8, 4) is 28.3 Å². The number of hydrogen-bond acceptors (Lipinski definition) is 4. The van der Waals surface area contributed by atoms with E-state index in [1.807, 2.05) is 55.6 Å². The standard InChI is InChI=1S/C60H59N5/c1-11-22-42(6)56(45(9)40(3)4)62-54(35-41(5)34-48-26-18-14-19-27-48)50-36-51(55-39-49(31-30-47-24-16-13-17-25-47)59-58(63-55)44(8)32-33-61-59)38-52(37-50)60-64-57(43(7)23-12-2)46(10)65(60)53-28-20-15-21-29-53/h11-29,32-33,36-39H,1-3,5,30-31,34-35H2,4,6-10H3/b42-22-,43-23-,56-45+,62-54?. The number of nitrogens with zero attached hydrogens (tertiary/aromatic N) is 5. The van der Waals surface area contributed by atoms with Crippen molar-refractivity contribution in [3.63, 3.8) is 0 Å². The minimum Gasteiger partial charge on any atom is -0.296 e. The first-order chi connectivity index (χ1) is 31.4. The van der Waals surface area contributed by atoms with Crippen molar-refractivity contribution < 1.29 is 0 Å². The fraction of sp³-hybridized carbons (Fsp3) is 0.167. The number of fused-ring (bicyclic) bond motifs is 1. The maximum absolute atomic E-state index is 5.62. The summed E-state index contributed by atoms with van der Waals surface area (Å²) in [6.45, 7) is 29.6. The van der Waals surface area contributed by atoms with Crippen molar-refractivity contribution in [3.05, 3.63) is 245 Å². The molecular weight excluding hydrogens is 791 g/mol. The van der Waals surface area contributed by atoms with Crippen molar-refractivity contribution in [1.82, 2.24) is 19.5 Å². The Morgan fingerprint density at radius 3 is 2.00 bits per heavy atom. The van der Waals surface area contributed by atoms with Crippen LogP contribution in [0.2, 0.25) is 0 Å². The quantitative estimate of drug-likeness (QED) is 0.0521. The molecule has 0 fully saturated rings. The summed E-state index contributed by atoms with van der Waals surface area (Å²) in [4.78, 5) is 21.4. The molecule has 0 radical (unpaired) electrons. The lowest BCUT2D eigenvalue weighted by atomic mass is 9.93. The van der Waals surface area contributed by atoms with Crippen LogP contribution < -0.4 is 0 Å². The fourth-order valence-corrected chi connectivity index (χ4v) is 8.31. The van der Waals surface area contributed by atoms with Gasteiger partial charge in [0.1, 0.15) is 5.82 Å². The van der Waals surface area contributed by atoms with E-state index in [-0.39, 0.29) is 0 Å². The number of para-hydroxylation sites is 1. The third-order valence-electron chi connectivity index (χ3n) is 11.9. The topological polar surface area (TPSA) is 56.0 Å². The van der Waals surface area contributed by atoms with Gasteiger partial charge in [0, 0.05) is 35.1 Å². The van der Waals surface area contributed by atoms with Gasteiger partial charge in [0.2, 0.25) is 0 Å². The van der Waals surface area contributed by atoms with E-state index in [0.717, 1.165) is 120 Å². The van der Waals surface area contributed by atoms with Gasteiger partial charge in [-0.1, -0.05) is 141 Å². The maximum atomic E-state index is 5.62. The van der Waals surface area contributed by atoms with Crippen LogP contribution in [0.15, 0.2) is 211 Å². The molecular formula is C60H59N5. The predicted molar refractivity (Wildman–Crippen MR) is 277 cm³/mol. The Balaban J connectivity index is 1.54. The van der Waals surface area contributed by atoms with Crippen LogP contribution in [0.4, 0.5) is 0 Å². The van der Waals surface area contributed by atoms with Gasteiger partial charge in [0.05, 0.1) is 33.8 Å². The summed E-state index contributed by atoms with van der Waals surface area (Å²) in [7, 11) is 0. The number of allylic oxidation sites excluding steroid dienone is 9. The summed E-state index contributed by atoms with van der Waals surface area (Å²) in [5.74, 6) is 0.811. The average Bonchev–Trinajstić information content (AvgIpc) is 3.67. The molecule has 3 aromatic heterocycles. The third-order valence-corrected chi connectivity index (χ3v) is 11.9. The number of aryl methyl sites for hydroxylation is 3. The first kappa shape index (κ1) is 45.5. The summed E-state index contributed by atoms with van der Waals surface area (Å²) in [5.41, 5.74) is 19.9. The van der Waals surface area contributed by atoms with Gasteiger partial charge < -0.3 is 0 Å². The Kier molecular flexibility index (Phi) is 14.6. The maximum Gasteiger partial charge on any atom is 0.145 e. The molecule has 65 heavy (non-hydrogen) atoms. The van der Waals surface area contributed by atoms with Gasteiger partial charge in [-0.2, -0.15) is 0 Å². The molecule has 7 rings (SSSR count). The number of rotatable bonds is 17. The van der Waals surface area contributed by atoms with Gasteiger partial charge in [-0.3, -0.25) is 14.5 Å². The molecule has 0 aliphatic carbocycles. The van der Waals surface area contributed by atoms with Crippen LogP contribution in [0.25, 0.3) is 44.9 Å². The largest absolute Gasteiger partial charge is 0.296 e. The molecule has 3 heterocycles. The zero-order valence-corrected chi connectivity index (χ0v) is 38.8. The fourth-order valence-electron chi connectivity index (χ4n) is 8.31. The zero-order valence-electron chi connectivity index (χ0n) is 38.8. The van der Waals surface area contributed by atoms with Crippen LogP contribution in [-0.2, 0) is 19.3 Å². The molecule has 0 amide bonds. The second kappa shape index (κ2) is 20.8. The Morgan fingerprint density at radius 1 is 0.692 bits per heavy atom. The van der Waals surface area contributed by atoms with Crippen molar-refractivity contribution in [1.29, 1.82) is 0 Å². The molecule has 0 saturated heterocycles. The lowest BCUT2D eigenvalue weighted by Gasteiger charge is -2.18. The van der Waals surface area contributed by atoms with Crippen LogP contribution in [0.1, 0.15) is 73.3 Å². The van der Waals surface area contributed by atoms with E-state index in [2.05, 4.69) is 169 Å². The molecule has 0 aliphatic rings. The van der Waals surface area contributed by atoms with E-state index in [0.29, 0.717) is 12.8 Å². The molecule has 0 aliphatic heterocycles. The highest BCUT2D eigenvalue weighted by Gasteiger charge is 2.22. The smallest absolute Gasteiger partial charge is 0.145 e. The second-order valence-electron chi connectivity index (χ2n) is 16.9. The third kappa shape index (κ3) is 10.7. The lowest BCUT2D eigenvalue weighted by molar-refractivity contribution is 0.962. The average molecular weight is 850 g/mol. The first-order valence-electron chi connectivity index (χ1n) is 22.3. The molecule has 324 valence electrons. The molecule has 0 N–H and O–H groups in total. The molecule has 0 unspecified atom stereocenters. The SMILES string of the molecule is C=C/C=C(C)\C(N=C(CC(=C)Cc1ccccc1)c1cc(-c2cc(CCc3ccccc3)c3nccc(C)c3n2)cc(-c2nc(/C(C)=C\C=C)c(C)n2-c2ccccc2)c1)=C(\C)C(=C)C. The monoisotopic (exact) mass is 849 g/mol. The van der Waals surface area contributed by atoms with Crippen molar-refractivity contribution in [2.24, 2.45) is 4.99 Å². The van der Waals surface area contributed by atoms with Gasteiger partial charge in [-0.15, -0.1) is 0 Å². The summed E-state index contributed by atoms with van der Waals surface area (Å²) in [6, 6.07) is 42.6. The first-order valence-corrected chi connectivity index (χ1v) is 22.3. The van der Waals surface area contributed by atoms with E-state index >= 15 is 0 Å². The highest BCUT2D eigenvalue weighted by Crippen LogP contribution is 2.36. The van der Waals surface area contributed by atoms with Crippen molar-refractivity contribution >= 4 is 22.3 Å². The lowest BCUT2D eigenvalue weighted by Crippen LogP contribution is -2.08. The van der Waals surface area contributed by atoms with Gasteiger partial charge in [0.25, 0.3) is 0 Å². The number of pyridine rings is 2. The van der Waals surface area contributed by atoms with Crippen LogP contribution in [0, 0.1) is 13.8 Å². The van der Waals surface area contributed by atoms with Gasteiger partial charge in [-0.25, -0.2) is 9.97 Å². The van der Waals surface area contributed by atoms with E-state index in [1.165, 1.54) is 11.1 Å². The molecule has 0 saturated carbocycles. The van der Waals surface area contributed by atoms with Crippen LogP contribution >= 0.6 is 0 Å². The summed E-state index contributed by atoms with van der Waals surface area (Å²) < 4.78 is 2.25. The number of hydrogen-bond donors (Lipinski definition) is 0. The van der Waals surface area contributed by atoms with Crippen molar-refractivity contribution in [2.75, 3.05) is 0 Å². The van der Waals surface area contributed by atoms with Crippen LogP contribution in [0.5, 0.6) is 0 Å². The summed E-state index contributed by atoms with van der Waals surface area (Å²) >= 11 is 0. The number of benzene rings is 4. The predicted octanol–water partition coefficient (Wildman–Crippen LogP) is 15.1.